The molecule has 3 atom stereocenters. The fraction of sp³-hybridized carbons (Fsp3) is 0.706. The zero-order chi connectivity index (χ0) is 21.9. The Morgan fingerprint density at radius 3 is 2.91 bits per heavy atom. The van der Waals surface area contributed by atoms with Gasteiger partial charge in [0.1, 0.15) is 11.8 Å². The first kappa shape index (κ1) is 11.0. The lowest BCUT2D eigenvalue weighted by Crippen LogP contribution is -2.45. The molecule has 1 fully saturated rings. The number of rotatable bonds is 8. The topological polar surface area (TPSA) is 83.5 Å². The predicted molar refractivity (Wildman–Crippen MR) is 84.3 cm³/mol. The first-order valence-corrected chi connectivity index (χ1v) is 7.40. The normalized spacial score (nSPS) is 28.9. The fourth-order valence-corrected chi connectivity index (χ4v) is 2.77. The lowest BCUT2D eigenvalue weighted by Gasteiger charge is -2.21. The summed E-state index contributed by atoms with van der Waals surface area (Å²) in [6.45, 7) is 0.336. The van der Waals surface area contributed by atoms with E-state index in [-0.39, 0.29) is 36.9 Å². The van der Waals surface area contributed by atoms with Crippen LogP contribution < -0.4 is 5.32 Å². The van der Waals surface area contributed by atoms with Crippen molar-refractivity contribution in [3.8, 4) is 0 Å². The molecule has 0 aromatic heterocycles. The van der Waals surface area contributed by atoms with Gasteiger partial charge in [-0.1, -0.05) is 32.8 Å². The number of hydrogen-bond acceptors (Lipinski definition) is 3. The van der Waals surface area contributed by atoms with Crippen LogP contribution in [0.5, 0.6) is 0 Å². The Hall–Kier alpha value is -1.65. The molecule has 0 heterocycles. The van der Waals surface area contributed by atoms with Crippen LogP contribution in [0, 0.1) is 17.8 Å². The van der Waals surface area contributed by atoms with Crippen LogP contribution in [0.3, 0.4) is 0 Å². The molecule has 1 aliphatic carbocycles. The van der Waals surface area contributed by atoms with E-state index < -0.39 is 43.1 Å². The largest absolute Gasteiger partial charge is 0.480 e. The van der Waals surface area contributed by atoms with Crippen LogP contribution in [0.2, 0.25) is 0 Å². The minimum atomic E-state index is -3.00. The number of ketones is 1. The van der Waals surface area contributed by atoms with Gasteiger partial charge in [0.25, 0.3) is 0 Å². The number of carbonyl (C=O) groups is 3. The van der Waals surface area contributed by atoms with Crippen molar-refractivity contribution in [1.29, 1.82) is 0 Å². The zero-order valence-corrected chi connectivity index (χ0v) is 12.9. The predicted octanol–water partition coefficient (Wildman–Crippen LogP) is 2.55. The maximum absolute atomic E-state index is 12.2. The van der Waals surface area contributed by atoms with Crippen molar-refractivity contribution in [3.63, 3.8) is 0 Å². The molecule has 22 heavy (non-hydrogen) atoms. The maximum Gasteiger partial charge on any atom is 0.326 e. The molecule has 2 N–H and O–H groups in total. The number of amides is 1. The minimum Gasteiger partial charge on any atom is -0.480 e. The quantitative estimate of drug-likeness (QED) is 0.674. The molecule has 0 aromatic carbocycles. The molecule has 0 aliphatic heterocycles. The highest BCUT2D eigenvalue weighted by atomic mass is 16.4. The summed E-state index contributed by atoms with van der Waals surface area (Å²) in [5.74, 6) is -3.05. The monoisotopic (exact) mass is 315 g/mol. The number of aliphatic carboxylic acids is 1. The van der Waals surface area contributed by atoms with Crippen LogP contribution >= 0.6 is 0 Å². The van der Waals surface area contributed by atoms with E-state index >= 15 is 0 Å². The highest BCUT2D eigenvalue weighted by Gasteiger charge is 2.35. The van der Waals surface area contributed by atoms with Crippen LogP contribution in [-0.4, -0.2) is 28.8 Å². The summed E-state index contributed by atoms with van der Waals surface area (Å²) in [4.78, 5) is 35.6. The van der Waals surface area contributed by atoms with E-state index in [0.29, 0.717) is 6.42 Å². The second-order valence-corrected chi connectivity index (χ2v) is 5.91. The lowest BCUT2D eigenvalue weighted by atomic mass is 9.89. The molecule has 5 nitrogen and oxygen atoms in total. The van der Waals surface area contributed by atoms with Crippen LogP contribution in [0.1, 0.15) is 61.0 Å². The smallest absolute Gasteiger partial charge is 0.326 e. The third kappa shape index (κ3) is 5.28. The molecule has 0 bridgehead atoms. The van der Waals surface area contributed by atoms with Gasteiger partial charge in [0.2, 0.25) is 5.91 Å². The van der Waals surface area contributed by atoms with E-state index in [1.807, 2.05) is 0 Å². The molecule has 0 radical (unpaired) electrons. The van der Waals surface area contributed by atoms with Crippen LogP contribution in [-0.2, 0) is 14.4 Å². The van der Waals surface area contributed by atoms with Crippen molar-refractivity contribution in [2.24, 2.45) is 17.8 Å². The Balaban J connectivity index is 2.82. The summed E-state index contributed by atoms with van der Waals surface area (Å²) in [6, 6.07) is -1.75. The van der Waals surface area contributed by atoms with Gasteiger partial charge in [0.15, 0.2) is 0 Å². The number of carbonyl (C=O) groups excluding carboxylic acids is 2. The Bertz CT molecular complexity index is 644. The van der Waals surface area contributed by atoms with Crippen molar-refractivity contribution >= 4 is 17.7 Å². The van der Waals surface area contributed by atoms with E-state index in [0.717, 1.165) is 6.08 Å². The highest BCUT2D eigenvalue weighted by Crippen LogP contribution is 2.34. The van der Waals surface area contributed by atoms with E-state index in [2.05, 4.69) is 5.32 Å². The number of carboxylic acid groups (broad SMARTS) is 1. The molecule has 0 unspecified atom stereocenters. The zero-order valence-electron chi connectivity index (χ0n) is 18.9. The summed E-state index contributed by atoms with van der Waals surface area (Å²) in [6.07, 6.45) is -1.14. The number of hydrogen-bond donors (Lipinski definition) is 2. The van der Waals surface area contributed by atoms with Gasteiger partial charge in [-0.25, -0.2) is 4.79 Å². The Morgan fingerprint density at radius 1 is 1.59 bits per heavy atom. The van der Waals surface area contributed by atoms with Gasteiger partial charge in [-0.05, 0) is 31.1 Å². The van der Waals surface area contributed by atoms with Gasteiger partial charge in [-0.2, -0.15) is 0 Å². The molecular weight excluding hydrogens is 282 g/mol. The molecule has 0 spiro atoms. The van der Waals surface area contributed by atoms with E-state index in [1.54, 1.807) is 13.8 Å². The molecule has 1 rings (SSSR count). The molecule has 1 amide bonds. The van der Waals surface area contributed by atoms with E-state index in [9.17, 15) is 14.4 Å². The third-order valence-corrected chi connectivity index (χ3v) is 3.99. The summed E-state index contributed by atoms with van der Waals surface area (Å²) in [5.41, 5.74) is 0. The molecule has 124 valence electrons. The van der Waals surface area contributed by atoms with Crippen molar-refractivity contribution in [2.75, 3.05) is 0 Å². The van der Waals surface area contributed by atoms with Crippen molar-refractivity contribution in [2.45, 2.75) is 58.8 Å². The van der Waals surface area contributed by atoms with Gasteiger partial charge in [-0.15, -0.1) is 0 Å². The summed E-state index contributed by atoms with van der Waals surface area (Å²) < 4.78 is 44.4. The summed E-state index contributed by atoms with van der Waals surface area (Å²) in [5, 5.41) is 11.6. The van der Waals surface area contributed by atoms with Crippen molar-refractivity contribution in [3.05, 3.63) is 12.1 Å². The average molecular weight is 315 g/mol. The maximum atomic E-state index is 12.2. The van der Waals surface area contributed by atoms with Gasteiger partial charge in [0, 0.05) is 25.6 Å². The van der Waals surface area contributed by atoms with Gasteiger partial charge >= 0.3 is 5.97 Å². The molecular formula is C17H27NO4. The first-order chi connectivity index (χ1) is 12.7. The average Bonchev–Trinajstić information content (AvgIpc) is 2.88. The molecule has 0 saturated heterocycles. The number of Topliss-reactive ketones (excluding diaryl/α,β-unsaturated/α-hetero) is 1. The highest BCUT2D eigenvalue weighted by molar-refractivity contribution is 5.87. The molecule has 1 aliphatic rings. The Kier molecular flexibility index (Phi) is 4.34. The minimum absolute atomic E-state index is 0.0300. The van der Waals surface area contributed by atoms with Crippen LogP contribution in [0.25, 0.3) is 0 Å². The Morgan fingerprint density at radius 2 is 2.32 bits per heavy atom. The van der Waals surface area contributed by atoms with Gasteiger partial charge in [0.05, 0.1) is 1.37 Å². The van der Waals surface area contributed by atoms with E-state index in [4.69, 9.17) is 13.3 Å². The standard InChI is InChI=1S/C17H27NO4/c1-4-5-6-7-13-12(8-9-14(13)19)10-15(20)18-16(11(2)3)17(21)22/h5-6,11-13,16H,4,7-10H2,1-3H3,(H,18,20)(H,21,22)/b6-5-/t12-,13-,16-/m0/s1/i1D3,4D2,5D. The van der Waals surface area contributed by atoms with E-state index in [1.165, 1.54) is 0 Å². The van der Waals surface area contributed by atoms with Crippen LogP contribution in [0.4, 0.5) is 0 Å². The Labute approximate surface area is 140 Å². The molecule has 0 aromatic rings. The number of nitrogens with one attached hydrogen (secondary N) is 1. The van der Waals surface area contributed by atoms with Crippen molar-refractivity contribution < 1.29 is 27.7 Å². The first-order valence-electron chi connectivity index (χ1n) is 10.4. The lowest BCUT2D eigenvalue weighted by molar-refractivity contribution is -0.143. The molecule has 1 saturated carbocycles. The van der Waals surface area contributed by atoms with Gasteiger partial charge in [-0.3, -0.25) is 9.59 Å². The van der Waals surface area contributed by atoms with Crippen molar-refractivity contribution in [1.82, 2.24) is 5.32 Å². The second-order valence-electron chi connectivity index (χ2n) is 5.91. The SMILES string of the molecule is [2H]/C(=C/C[C@@H]1C(=O)CC[C@H]1CC(=O)N[C@H](C(=O)O)C(C)C)C([2H])([2H])C([2H])([2H])[2H]. The number of carboxylic acids is 1. The third-order valence-electron chi connectivity index (χ3n) is 3.99. The molecule has 5 heteroatoms. The summed E-state index contributed by atoms with van der Waals surface area (Å²) >= 11 is 0. The number of allylic oxidation sites excluding steroid dienone is 2. The second kappa shape index (κ2) is 8.71. The van der Waals surface area contributed by atoms with Gasteiger partial charge < -0.3 is 10.4 Å². The summed E-state index contributed by atoms with van der Waals surface area (Å²) in [7, 11) is 0. The fourth-order valence-electron chi connectivity index (χ4n) is 2.77. The van der Waals surface area contributed by atoms with Crippen LogP contribution in [0.15, 0.2) is 12.1 Å².